The first-order valence-electron chi connectivity index (χ1n) is 7.91. The normalized spacial score (nSPS) is 18.5. The highest BCUT2D eigenvalue weighted by atomic mass is 32.2. The molecule has 1 fully saturated rings. The molecule has 1 aliphatic rings. The van der Waals surface area contributed by atoms with Crippen LogP contribution in [0.3, 0.4) is 0 Å². The van der Waals surface area contributed by atoms with E-state index in [9.17, 15) is 22.0 Å². The molecule has 0 aliphatic carbocycles. The number of sulfone groups is 1. The zero-order chi connectivity index (χ0) is 18.9. The van der Waals surface area contributed by atoms with Crippen molar-refractivity contribution >= 4 is 27.1 Å². The van der Waals surface area contributed by atoms with Gasteiger partial charge in [0.1, 0.15) is 5.69 Å². The van der Waals surface area contributed by atoms with Crippen molar-refractivity contribution in [1.82, 2.24) is 4.98 Å². The summed E-state index contributed by atoms with van der Waals surface area (Å²) in [6, 6.07) is 6.09. The van der Waals surface area contributed by atoms with E-state index in [4.69, 9.17) is 0 Å². The summed E-state index contributed by atoms with van der Waals surface area (Å²) in [4.78, 5) is 18.1. The minimum atomic E-state index is -2.99. The maximum absolute atomic E-state index is 13.2. The Bertz CT molecular complexity index is 933. The SMILES string of the molecule is CN(c1ccc(C(=O)Nc2ccc(F)c(F)c2)nc1)C1CCS(=O)(=O)C1. The van der Waals surface area contributed by atoms with Gasteiger partial charge in [-0.3, -0.25) is 4.79 Å². The third-order valence-electron chi connectivity index (χ3n) is 4.32. The molecule has 1 aliphatic heterocycles. The standard InChI is InChI=1S/C17H17F2N3O3S/c1-22(13-6-7-26(24,25)10-13)12-3-5-16(20-9-12)17(23)21-11-2-4-14(18)15(19)8-11/h2-5,8-9,13H,6-7,10H2,1H3,(H,21,23). The minimum Gasteiger partial charge on any atom is -0.369 e. The molecule has 1 saturated heterocycles. The first-order chi connectivity index (χ1) is 12.2. The molecule has 1 unspecified atom stereocenters. The molecule has 1 atom stereocenters. The summed E-state index contributed by atoms with van der Waals surface area (Å²) in [7, 11) is -1.21. The van der Waals surface area contributed by atoms with E-state index < -0.39 is 27.4 Å². The second-order valence-electron chi connectivity index (χ2n) is 6.15. The number of rotatable bonds is 4. The average molecular weight is 381 g/mol. The first-order valence-corrected chi connectivity index (χ1v) is 9.73. The van der Waals surface area contributed by atoms with Crippen LogP contribution in [0, 0.1) is 11.6 Å². The van der Waals surface area contributed by atoms with E-state index in [2.05, 4.69) is 10.3 Å². The van der Waals surface area contributed by atoms with Gasteiger partial charge in [-0.25, -0.2) is 22.2 Å². The summed E-state index contributed by atoms with van der Waals surface area (Å²) in [5.74, 6) is -2.35. The summed E-state index contributed by atoms with van der Waals surface area (Å²) in [6.07, 6.45) is 2.03. The molecule has 2 aromatic rings. The Morgan fingerprint density at radius 3 is 2.58 bits per heavy atom. The Morgan fingerprint density at radius 2 is 2.00 bits per heavy atom. The number of hydrogen-bond donors (Lipinski definition) is 1. The van der Waals surface area contributed by atoms with Crippen LogP contribution in [-0.4, -0.2) is 43.9 Å². The number of benzene rings is 1. The molecule has 26 heavy (non-hydrogen) atoms. The molecule has 1 aromatic heterocycles. The van der Waals surface area contributed by atoms with Gasteiger partial charge in [-0.1, -0.05) is 0 Å². The fourth-order valence-corrected chi connectivity index (χ4v) is 4.56. The summed E-state index contributed by atoms with van der Waals surface area (Å²) in [5, 5.41) is 2.44. The topological polar surface area (TPSA) is 79.4 Å². The molecule has 0 saturated carbocycles. The molecular formula is C17H17F2N3O3S. The van der Waals surface area contributed by atoms with Crippen LogP contribution in [0.15, 0.2) is 36.5 Å². The van der Waals surface area contributed by atoms with Gasteiger partial charge < -0.3 is 10.2 Å². The highest BCUT2D eigenvalue weighted by molar-refractivity contribution is 7.91. The molecule has 3 rings (SSSR count). The largest absolute Gasteiger partial charge is 0.369 e. The lowest BCUT2D eigenvalue weighted by Crippen LogP contribution is -2.32. The van der Waals surface area contributed by atoms with Gasteiger partial charge in [0.05, 0.1) is 23.4 Å². The number of carbonyl (C=O) groups is 1. The molecule has 6 nitrogen and oxygen atoms in total. The average Bonchev–Trinajstić information content (AvgIpc) is 2.97. The number of aromatic nitrogens is 1. The van der Waals surface area contributed by atoms with Crippen LogP contribution in [-0.2, 0) is 9.84 Å². The maximum atomic E-state index is 13.2. The van der Waals surface area contributed by atoms with E-state index in [-0.39, 0.29) is 28.9 Å². The predicted octanol–water partition coefficient (Wildman–Crippen LogP) is 2.24. The van der Waals surface area contributed by atoms with Gasteiger partial charge in [-0.2, -0.15) is 0 Å². The predicted molar refractivity (Wildman–Crippen MR) is 94.0 cm³/mol. The molecule has 1 N–H and O–H groups in total. The van der Waals surface area contributed by atoms with E-state index in [1.54, 1.807) is 13.1 Å². The Balaban J connectivity index is 1.68. The van der Waals surface area contributed by atoms with E-state index >= 15 is 0 Å². The number of pyridine rings is 1. The molecular weight excluding hydrogens is 364 g/mol. The van der Waals surface area contributed by atoms with Crippen LogP contribution in [0.4, 0.5) is 20.2 Å². The Morgan fingerprint density at radius 1 is 1.23 bits per heavy atom. The van der Waals surface area contributed by atoms with E-state index in [0.717, 1.165) is 12.1 Å². The Kier molecular flexibility index (Phi) is 4.90. The highest BCUT2D eigenvalue weighted by Gasteiger charge is 2.30. The lowest BCUT2D eigenvalue weighted by atomic mass is 10.2. The van der Waals surface area contributed by atoms with Gasteiger partial charge in [-0.15, -0.1) is 0 Å². The Labute approximate surface area is 149 Å². The highest BCUT2D eigenvalue weighted by Crippen LogP contribution is 2.22. The smallest absolute Gasteiger partial charge is 0.274 e. The van der Waals surface area contributed by atoms with E-state index in [1.807, 2.05) is 4.90 Å². The van der Waals surface area contributed by atoms with Crippen molar-refractivity contribution < 1.29 is 22.0 Å². The van der Waals surface area contributed by atoms with Crippen LogP contribution in [0.2, 0.25) is 0 Å². The van der Waals surface area contributed by atoms with Gasteiger partial charge in [-0.05, 0) is 30.7 Å². The van der Waals surface area contributed by atoms with Gasteiger partial charge in [0, 0.05) is 24.8 Å². The second kappa shape index (κ2) is 6.99. The lowest BCUT2D eigenvalue weighted by molar-refractivity contribution is 0.102. The van der Waals surface area contributed by atoms with Crippen LogP contribution < -0.4 is 10.2 Å². The number of carbonyl (C=O) groups excluding carboxylic acids is 1. The summed E-state index contributed by atoms with van der Waals surface area (Å²) in [5.41, 5.74) is 0.912. The van der Waals surface area contributed by atoms with Crippen molar-refractivity contribution in [2.75, 3.05) is 28.8 Å². The summed E-state index contributed by atoms with van der Waals surface area (Å²) >= 11 is 0. The number of amides is 1. The fourth-order valence-electron chi connectivity index (χ4n) is 2.79. The molecule has 0 radical (unpaired) electrons. The summed E-state index contributed by atoms with van der Waals surface area (Å²) < 4.78 is 49.3. The zero-order valence-electron chi connectivity index (χ0n) is 13.9. The minimum absolute atomic E-state index is 0.0991. The molecule has 0 bridgehead atoms. The van der Waals surface area contributed by atoms with Gasteiger partial charge in [0.25, 0.3) is 5.91 Å². The number of halogens is 2. The number of hydrogen-bond acceptors (Lipinski definition) is 5. The maximum Gasteiger partial charge on any atom is 0.274 e. The number of anilines is 2. The number of nitrogens with zero attached hydrogens (tertiary/aromatic N) is 2. The van der Waals surface area contributed by atoms with E-state index in [1.165, 1.54) is 18.3 Å². The van der Waals surface area contributed by atoms with Crippen molar-refractivity contribution in [3.05, 3.63) is 53.9 Å². The Hall–Kier alpha value is -2.55. The van der Waals surface area contributed by atoms with Crippen LogP contribution in [0.1, 0.15) is 16.9 Å². The molecule has 1 amide bonds. The third-order valence-corrected chi connectivity index (χ3v) is 6.07. The number of nitrogens with one attached hydrogen (secondary N) is 1. The summed E-state index contributed by atoms with van der Waals surface area (Å²) in [6.45, 7) is 0. The van der Waals surface area contributed by atoms with Crippen LogP contribution in [0.5, 0.6) is 0 Å². The van der Waals surface area contributed by atoms with Gasteiger partial charge in [0.2, 0.25) is 0 Å². The second-order valence-corrected chi connectivity index (χ2v) is 8.38. The van der Waals surface area contributed by atoms with Crippen molar-refractivity contribution in [3.63, 3.8) is 0 Å². The molecule has 1 aromatic carbocycles. The fraction of sp³-hybridized carbons (Fsp3) is 0.294. The van der Waals surface area contributed by atoms with Crippen molar-refractivity contribution in [2.45, 2.75) is 12.5 Å². The lowest BCUT2D eigenvalue weighted by Gasteiger charge is -2.25. The molecule has 138 valence electrons. The third kappa shape index (κ3) is 3.98. The van der Waals surface area contributed by atoms with Crippen molar-refractivity contribution in [3.8, 4) is 0 Å². The monoisotopic (exact) mass is 381 g/mol. The van der Waals surface area contributed by atoms with Crippen molar-refractivity contribution in [1.29, 1.82) is 0 Å². The van der Waals surface area contributed by atoms with E-state index in [0.29, 0.717) is 12.1 Å². The van der Waals surface area contributed by atoms with Gasteiger partial charge >= 0.3 is 0 Å². The van der Waals surface area contributed by atoms with Gasteiger partial charge in [0.15, 0.2) is 21.5 Å². The van der Waals surface area contributed by atoms with Crippen molar-refractivity contribution in [2.24, 2.45) is 0 Å². The first kappa shape index (κ1) is 18.2. The molecule has 2 heterocycles. The quantitative estimate of drug-likeness (QED) is 0.879. The zero-order valence-corrected chi connectivity index (χ0v) is 14.8. The van der Waals surface area contributed by atoms with Crippen LogP contribution >= 0.6 is 0 Å². The van der Waals surface area contributed by atoms with Crippen LogP contribution in [0.25, 0.3) is 0 Å². The molecule has 9 heteroatoms. The molecule has 0 spiro atoms.